The summed E-state index contributed by atoms with van der Waals surface area (Å²) in [6.07, 6.45) is 2.89. The van der Waals surface area contributed by atoms with Crippen LogP contribution < -0.4 is 5.32 Å². The van der Waals surface area contributed by atoms with E-state index in [-0.39, 0.29) is 5.56 Å². The SMILES string of the molecule is CC(NC(=O)c1c(I)ccnc1F)c1ncc(Br)cc1Cl. The monoisotopic (exact) mass is 483 g/mol. The van der Waals surface area contributed by atoms with Crippen molar-refractivity contribution in [2.75, 3.05) is 0 Å². The molecule has 0 saturated heterocycles. The molecule has 8 heteroatoms. The first kappa shape index (κ1) is 16.6. The molecule has 1 amide bonds. The molecule has 0 spiro atoms. The second kappa shape index (κ2) is 6.97. The molecule has 110 valence electrons. The number of carbonyl (C=O) groups is 1. The zero-order valence-electron chi connectivity index (χ0n) is 10.7. The van der Waals surface area contributed by atoms with Crippen LogP contribution in [0, 0.1) is 9.52 Å². The van der Waals surface area contributed by atoms with Gasteiger partial charge < -0.3 is 5.32 Å². The number of carbonyl (C=O) groups excluding carboxylic acids is 1. The van der Waals surface area contributed by atoms with Crippen LogP contribution in [0.1, 0.15) is 29.0 Å². The molecule has 2 rings (SSSR count). The molecular weight excluding hydrogens is 475 g/mol. The van der Waals surface area contributed by atoms with Gasteiger partial charge in [-0.2, -0.15) is 4.39 Å². The maximum Gasteiger partial charge on any atom is 0.257 e. The van der Waals surface area contributed by atoms with Crippen LogP contribution in [0.2, 0.25) is 5.02 Å². The highest BCUT2D eigenvalue weighted by Crippen LogP contribution is 2.24. The Balaban J connectivity index is 2.23. The lowest BCUT2D eigenvalue weighted by atomic mass is 10.2. The Morgan fingerprint density at radius 1 is 1.52 bits per heavy atom. The Kier molecular flexibility index (Phi) is 5.50. The maximum absolute atomic E-state index is 13.7. The Morgan fingerprint density at radius 2 is 2.24 bits per heavy atom. The summed E-state index contributed by atoms with van der Waals surface area (Å²) in [6, 6.07) is 2.78. The number of nitrogens with zero attached hydrogens (tertiary/aromatic N) is 2. The van der Waals surface area contributed by atoms with Gasteiger partial charge in [-0.15, -0.1) is 0 Å². The van der Waals surface area contributed by atoms with Gasteiger partial charge in [-0.3, -0.25) is 9.78 Å². The van der Waals surface area contributed by atoms with Gasteiger partial charge in [-0.25, -0.2) is 4.98 Å². The highest BCUT2D eigenvalue weighted by molar-refractivity contribution is 14.1. The van der Waals surface area contributed by atoms with E-state index < -0.39 is 17.9 Å². The summed E-state index contributed by atoms with van der Waals surface area (Å²) in [5, 5.41) is 3.08. The molecule has 0 bridgehead atoms. The molecule has 2 heterocycles. The molecule has 2 aromatic rings. The van der Waals surface area contributed by atoms with Crippen LogP contribution in [0.3, 0.4) is 0 Å². The third-order valence-electron chi connectivity index (χ3n) is 2.67. The van der Waals surface area contributed by atoms with Crippen LogP contribution >= 0.6 is 50.1 Å². The molecule has 21 heavy (non-hydrogen) atoms. The molecule has 4 nitrogen and oxygen atoms in total. The number of nitrogens with one attached hydrogen (secondary N) is 1. The molecule has 0 aliphatic carbocycles. The molecule has 1 N–H and O–H groups in total. The third kappa shape index (κ3) is 3.89. The topological polar surface area (TPSA) is 54.9 Å². The number of rotatable bonds is 3. The quantitative estimate of drug-likeness (QED) is 0.527. The molecule has 1 unspecified atom stereocenters. The van der Waals surface area contributed by atoms with E-state index in [1.54, 1.807) is 25.3 Å². The minimum atomic E-state index is -0.804. The van der Waals surface area contributed by atoms with Crippen molar-refractivity contribution < 1.29 is 9.18 Å². The van der Waals surface area contributed by atoms with Crippen molar-refractivity contribution >= 4 is 56.0 Å². The number of aromatic nitrogens is 2. The average Bonchev–Trinajstić information content (AvgIpc) is 2.37. The minimum absolute atomic E-state index is 0.0850. The Labute approximate surface area is 147 Å². The molecule has 0 radical (unpaired) electrons. The number of hydrogen-bond donors (Lipinski definition) is 1. The van der Waals surface area contributed by atoms with Crippen molar-refractivity contribution in [3.8, 4) is 0 Å². The van der Waals surface area contributed by atoms with Gasteiger partial charge in [0.25, 0.3) is 5.91 Å². The fraction of sp³-hybridized carbons (Fsp3) is 0.154. The summed E-state index contributed by atoms with van der Waals surface area (Å²) in [7, 11) is 0. The fourth-order valence-electron chi connectivity index (χ4n) is 1.70. The zero-order chi connectivity index (χ0) is 15.6. The van der Waals surface area contributed by atoms with Gasteiger partial charge in [0, 0.05) is 20.4 Å². The minimum Gasteiger partial charge on any atom is -0.344 e. The molecule has 0 saturated carbocycles. The van der Waals surface area contributed by atoms with Gasteiger partial charge in [-0.05, 0) is 57.6 Å². The predicted octanol–water partition coefficient (Wildman–Crippen LogP) is 4.13. The molecule has 0 aliphatic rings. The fourth-order valence-corrected chi connectivity index (χ4v) is 3.12. The van der Waals surface area contributed by atoms with Gasteiger partial charge in [0.1, 0.15) is 5.56 Å². The van der Waals surface area contributed by atoms with E-state index >= 15 is 0 Å². The van der Waals surface area contributed by atoms with E-state index in [0.717, 1.165) is 4.47 Å². The highest BCUT2D eigenvalue weighted by Gasteiger charge is 2.20. The second-order valence-electron chi connectivity index (χ2n) is 4.17. The van der Waals surface area contributed by atoms with Crippen LogP contribution in [-0.4, -0.2) is 15.9 Å². The van der Waals surface area contributed by atoms with Crippen LogP contribution in [0.4, 0.5) is 4.39 Å². The van der Waals surface area contributed by atoms with Gasteiger partial charge >= 0.3 is 0 Å². The summed E-state index contributed by atoms with van der Waals surface area (Å²) in [5.74, 6) is -1.36. The molecule has 2 aromatic heterocycles. The van der Waals surface area contributed by atoms with Crippen molar-refractivity contribution in [2.24, 2.45) is 0 Å². The van der Waals surface area contributed by atoms with Crippen LogP contribution in [0.5, 0.6) is 0 Å². The smallest absolute Gasteiger partial charge is 0.257 e. The van der Waals surface area contributed by atoms with Gasteiger partial charge in [-0.1, -0.05) is 11.6 Å². The Morgan fingerprint density at radius 3 is 2.86 bits per heavy atom. The van der Waals surface area contributed by atoms with E-state index in [2.05, 4.69) is 31.2 Å². The lowest BCUT2D eigenvalue weighted by Crippen LogP contribution is -2.29. The van der Waals surface area contributed by atoms with E-state index in [0.29, 0.717) is 14.3 Å². The number of pyridine rings is 2. The first-order valence-electron chi connectivity index (χ1n) is 5.82. The normalized spacial score (nSPS) is 12.0. The lowest BCUT2D eigenvalue weighted by molar-refractivity contribution is 0.0933. The Bertz CT molecular complexity index is 681. The first-order valence-corrected chi connectivity index (χ1v) is 8.07. The molecule has 0 aromatic carbocycles. The molecular formula is C13H9BrClFIN3O. The van der Waals surface area contributed by atoms with Crippen molar-refractivity contribution in [1.82, 2.24) is 15.3 Å². The molecule has 0 fully saturated rings. The highest BCUT2D eigenvalue weighted by atomic mass is 127. The Hall–Kier alpha value is -0.800. The summed E-state index contributed by atoms with van der Waals surface area (Å²) < 4.78 is 14.9. The van der Waals surface area contributed by atoms with Crippen molar-refractivity contribution in [2.45, 2.75) is 13.0 Å². The van der Waals surface area contributed by atoms with E-state index in [1.165, 1.54) is 6.20 Å². The standard InChI is InChI=1S/C13H9BrClFIN3O/c1-6(11-8(15)4-7(14)5-19-11)20-13(21)10-9(17)2-3-18-12(10)16/h2-6H,1H3,(H,20,21). The van der Waals surface area contributed by atoms with Crippen LogP contribution in [0.15, 0.2) is 29.0 Å². The van der Waals surface area contributed by atoms with Gasteiger partial charge in [0.15, 0.2) is 0 Å². The average molecular weight is 484 g/mol. The van der Waals surface area contributed by atoms with Crippen molar-refractivity contribution in [3.05, 3.63) is 54.8 Å². The predicted molar refractivity (Wildman–Crippen MR) is 89.7 cm³/mol. The van der Waals surface area contributed by atoms with Crippen LogP contribution in [-0.2, 0) is 0 Å². The van der Waals surface area contributed by atoms with Crippen molar-refractivity contribution in [3.63, 3.8) is 0 Å². The van der Waals surface area contributed by atoms with Crippen LogP contribution in [0.25, 0.3) is 0 Å². The largest absolute Gasteiger partial charge is 0.344 e. The summed E-state index contributed by atoms with van der Waals surface area (Å²) in [5.41, 5.74) is 0.422. The van der Waals surface area contributed by atoms with E-state index in [1.807, 2.05) is 22.6 Å². The van der Waals surface area contributed by atoms with Gasteiger partial charge in [0.2, 0.25) is 5.95 Å². The molecule has 1 atom stereocenters. The second-order valence-corrected chi connectivity index (χ2v) is 6.66. The third-order valence-corrected chi connectivity index (χ3v) is 4.31. The summed E-state index contributed by atoms with van der Waals surface area (Å²) >= 11 is 11.2. The van der Waals surface area contributed by atoms with Crippen molar-refractivity contribution in [1.29, 1.82) is 0 Å². The van der Waals surface area contributed by atoms with E-state index in [9.17, 15) is 9.18 Å². The lowest BCUT2D eigenvalue weighted by Gasteiger charge is -2.15. The summed E-state index contributed by atoms with van der Waals surface area (Å²) in [6.45, 7) is 1.72. The van der Waals surface area contributed by atoms with Gasteiger partial charge in [0.05, 0.1) is 16.8 Å². The number of amides is 1. The summed E-state index contributed by atoms with van der Waals surface area (Å²) in [4.78, 5) is 19.8. The van der Waals surface area contributed by atoms with E-state index in [4.69, 9.17) is 11.6 Å². The maximum atomic E-state index is 13.7. The first-order chi connectivity index (χ1) is 9.90. The zero-order valence-corrected chi connectivity index (χ0v) is 15.2. The number of hydrogen-bond acceptors (Lipinski definition) is 3. The molecule has 0 aliphatic heterocycles. The number of halogens is 4.